The lowest BCUT2D eigenvalue weighted by Gasteiger charge is -2.06. The largest absolute Gasteiger partial charge is 0.487 e. The molecule has 27 heavy (non-hydrogen) atoms. The van der Waals surface area contributed by atoms with E-state index in [2.05, 4.69) is 10.3 Å². The molecular formula is C19H13F2N3O3. The summed E-state index contributed by atoms with van der Waals surface area (Å²) in [6.07, 6.45) is 1.49. The maximum absolute atomic E-state index is 13.8. The molecule has 0 aliphatic rings. The van der Waals surface area contributed by atoms with Gasteiger partial charge in [-0.25, -0.2) is 18.3 Å². The van der Waals surface area contributed by atoms with E-state index in [1.807, 2.05) is 6.92 Å². The van der Waals surface area contributed by atoms with Gasteiger partial charge in [0.05, 0.1) is 6.20 Å². The van der Waals surface area contributed by atoms with Gasteiger partial charge < -0.3 is 9.15 Å². The number of aryl methyl sites for hydroxylation is 1. The standard InChI is InChI=1S/C19H13F2N3O3/c1-11-6-19(25)27-18-8-14(3-4-15(11)18)26-10-13-9-24(23-22-13)17-5-2-12(20)7-16(17)21/h2-9H,10H2,1H3. The average molecular weight is 369 g/mol. The summed E-state index contributed by atoms with van der Waals surface area (Å²) >= 11 is 0. The highest BCUT2D eigenvalue weighted by Gasteiger charge is 2.10. The van der Waals surface area contributed by atoms with Crippen molar-refractivity contribution < 1.29 is 17.9 Å². The van der Waals surface area contributed by atoms with Gasteiger partial charge in [-0.2, -0.15) is 0 Å². The first-order valence-electron chi connectivity index (χ1n) is 8.03. The van der Waals surface area contributed by atoms with E-state index in [1.165, 1.54) is 23.0 Å². The number of nitrogens with zero attached hydrogens (tertiary/aromatic N) is 3. The Hall–Kier alpha value is -3.55. The van der Waals surface area contributed by atoms with Gasteiger partial charge in [0.25, 0.3) is 0 Å². The smallest absolute Gasteiger partial charge is 0.336 e. The zero-order chi connectivity index (χ0) is 19.0. The molecule has 0 saturated carbocycles. The Labute approximate surface area is 151 Å². The Morgan fingerprint density at radius 3 is 2.81 bits per heavy atom. The highest BCUT2D eigenvalue weighted by atomic mass is 19.1. The van der Waals surface area contributed by atoms with Crippen LogP contribution in [0.2, 0.25) is 0 Å². The van der Waals surface area contributed by atoms with Gasteiger partial charge in [-0.3, -0.25) is 0 Å². The molecule has 0 aliphatic carbocycles. The normalized spacial score (nSPS) is 11.1. The summed E-state index contributed by atoms with van der Waals surface area (Å²) in [5.74, 6) is -0.927. The van der Waals surface area contributed by atoms with Crippen molar-refractivity contribution in [1.29, 1.82) is 0 Å². The fraction of sp³-hybridized carbons (Fsp3) is 0.105. The molecule has 0 unspecified atom stereocenters. The molecule has 4 rings (SSSR count). The molecule has 2 aromatic carbocycles. The molecule has 2 aromatic heterocycles. The molecule has 0 aliphatic heterocycles. The Kier molecular flexibility index (Phi) is 4.15. The average Bonchev–Trinajstić information content (AvgIpc) is 3.08. The maximum atomic E-state index is 13.8. The van der Waals surface area contributed by atoms with Crippen molar-refractivity contribution in [1.82, 2.24) is 15.0 Å². The highest BCUT2D eigenvalue weighted by molar-refractivity contribution is 5.81. The predicted octanol–water partition coefficient (Wildman–Crippen LogP) is 3.54. The molecule has 6 nitrogen and oxygen atoms in total. The van der Waals surface area contributed by atoms with Crippen LogP contribution in [0.1, 0.15) is 11.3 Å². The molecule has 0 spiro atoms. The van der Waals surface area contributed by atoms with Gasteiger partial charge in [0.1, 0.15) is 35.1 Å². The van der Waals surface area contributed by atoms with E-state index in [9.17, 15) is 13.6 Å². The van der Waals surface area contributed by atoms with Gasteiger partial charge in [0.15, 0.2) is 5.82 Å². The number of halogens is 2. The molecule has 0 atom stereocenters. The molecule has 2 heterocycles. The summed E-state index contributed by atoms with van der Waals surface area (Å²) in [6, 6.07) is 9.79. The minimum atomic E-state index is -0.743. The Morgan fingerprint density at radius 2 is 2.00 bits per heavy atom. The van der Waals surface area contributed by atoms with E-state index in [0.29, 0.717) is 17.0 Å². The lowest BCUT2D eigenvalue weighted by Crippen LogP contribution is -1.99. The molecule has 0 radical (unpaired) electrons. The van der Waals surface area contributed by atoms with Gasteiger partial charge in [-0.15, -0.1) is 5.10 Å². The molecule has 0 saturated heterocycles. The van der Waals surface area contributed by atoms with Crippen molar-refractivity contribution in [2.45, 2.75) is 13.5 Å². The van der Waals surface area contributed by atoms with Crippen molar-refractivity contribution in [3.63, 3.8) is 0 Å². The fourth-order valence-corrected chi connectivity index (χ4v) is 2.70. The predicted molar refractivity (Wildman–Crippen MR) is 92.8 cm³/mol. The number of benzene rings is 2. The zero-order valence-electron chi connectivity index (χ0n) is 14.1. The number of ether oxygens (including phenoxy) is 1. The van der Waals surface area contributed by atoms with Crippen LogP contribution in [0.25, 0.3) is 16.7 Å². The van der Waals surface area contributed by atoms with Gasteiger partial charge >= 0.3 is 5.63 Å². The lowest BCUT2D eigenvalue weighted by molar-refractivity contribution is 0.301. The van der Waals surface area contributed by atoms with Crippen molar-refractivity contribution in [2.75, 3.05) is 0 Å². The van der Waals surface area contributed by atoms with E-state index < -0.39 is 17.3 Å². The second-order valence-electron chi connectivity index (χ2n) is 5.95. The van der Waals surface area contributed by atoms with Crippen LogP contribution >= 0.6 is 0 Å². The lowest BCUT2D eigenvalue weighted by atomic mass is 10.1. The first-order chi connectivity index (χ1) is 13.0. The minimum Gasteiger partial charge on any atom is -0.487 e. The monoisotopic (exact) mass is 369 g/mol. The topological polar surface area (TPSA) is 70.2 Å². The first-order valence-corrected chi connectivity index (χ1v) is 8.03. The quantitative estimate of drug-likeness (QED) is 0.515. The summed E-state index contributed by atoms with van der Waals surface area (Å²) in [6.45, 7) is 1.90. The van der Waals surface area contributed by atoms with Gasteiger partial charge in [-0.1, -0.05) is 5.21 Å². The maximum Gasteiger partial charge on any atom is 0.336 e. The van der Waals surface area contributed by atoms with Crippen molar-refractivity contribution in [2.24, 2.45) is 0 Å². The number of rotatable bonds is 4. The third-order valence-electron chi connectivity index (χ3n) is 4.01. The van der Waals surface area contributed by atoms with Crippen LogP contribution in [-0.2, 0) is 6.61 Å². The zero-order valence-corrected chi connectivity index (χ0v) is 14.1. The van der Waals surface area contributed by atoms with Crippen molar-refractivity contribution >= 4 is 11.0 Å². The highest BCUT2D eigenvalue weighted by Crippen LogP contribution is 2.23. The Balaban J connectivity index is 1.53. The van der Waals surface area contributed by atoms with Gasteiger partial charge in [0.2, 0.25) is 0 Å². The molecule has 8 heteroatoms. The summed E-state index contributed by atoms with van der Waals surface area (Å²) in [5, 5.41) is 8.56. The Bertz CT molecular complexity index is 1200. The van der Waals surface area contributed by atoms with E-state index >= 15 is 0 Å². The minimum absolute atomic E-state index is 0.0738. The second-order valence-corrected chi connectivity index (χ2v) is 5.95. The number of fused-ring (bicyclic) bond motifs is 1. The summed E-state index contributed by atoms with van der Waals surface area (Å²) in [7, 11) is 0. The second kappa shape index (κ2) is 6.64. The van der Waals surface area contributed by atoms with Crippen LogP contribution in [-0.4, -0.2) is 15.0 Å². The van der Waals surface area contributed by atoms with E-state index in [1.54, 1.807) is 18.2 Å². The fourth-order valence-electron chi connectivity index (χ4n) is 2.70. The number of aromatic nitrogens is 3. The molecule has 136 valence electrons. The SMILES string of the molecule is Cc1cc(=O)oc2cc(OCc3cn(-c4ccc(F)cc4F)nn3)ccc12. The van der Waals surface area contributed by atoms with Crippen LogP contribution in [0.3, 0.4) is 0 Å². The van der Waals surface area contributed by atoms with Gasteiger partial charge in [-0.05, 0) is 36.8 Å². The van der Waals surface area contributed by atoms with E-state index in [0.717, 1.165) is 23.1 Å². The van der Waals surface area contributed by atoms with Crippen molar-refractivity contribution in [3.05, 3.63) is 82.0 Å². The van der Waals surface area contributed by atoms with Crippen LogP contribution < -0.4 is 10.4 Å². The molecule has 0 fully saturated rings. The molecule has 4 aromatic rings. The van der Waals surface area contributed by atoms with E-state index in [4.69, 9.17) is 9.15 Å². The first kappa shape index (κ1) is 16.9. The summed E-state index contributed by atoms with van der Waals surface area (Å²) < 4.78 is 38.9. The van der Waals surface area contributed by atoms with Crippen LogP contribution in [0.5, 0.6) is 5.75 Å². The number of hydrogen-bond donors (Lipinski definition) is 0. The molecule has 0 N–H and O–H groups in total. The number of hydrogen-bond acceptors (Lipinski definition) is 5. The third-order valence-corrected chi connectivity index (χ3v) is 4.01. The Morgan fingerprint density at radius 1 is 1.15 bits per heavy atom. The van der Waals surface area contributed by atoms with Crippen LogP contribution in [0.15, 0.2) is 57.9 Å². The van der Waals surface area contributed by atoms with Gasteiger partial charge in [0, 0.05) is 23.6 Å². The summed E-state index contributed by atoms with van der Waals surface area (Å²) in [4.78, 5) is 11.5. The molecular weight excluding hydrogens is 356 g/mol. The van der Waals surface area contributed by atoms with Crippen molar-refractivity contribution in [3.8, 4) is 11.4 Å². The molecule has 0 amide bonds. The summed E-state index contributed by atoms with van der Waals surface area (Å²) in [5.41, 5.74) is 1.34. The third kappa shape index (κ3) is 3.41. The van der Waals surface area contributed by atoms with E-state index in [-0.39, 0.29) is 12.3 Å². The van der Waals surface area contributed by atoms with Crippen LogP contribution in [0, 0.1) is 18.6 Å². The van der Waals surface area contributed by atoms with Crippen LogP contribution in [0.4, 0.5) is 8.78 Å². The molecule has 0 bridgehead atoms.